The van der Waals surface area contributed by atoms with Gasteiger partial charge in [-0.05, 0) is 25.0 Å². The first-order valence-electron chi connectivity index (χ1n) is 8.76. The summed E-state index contributed by atoms with van der Waals surface area (Å²) in [5.41, 5.74) is 1.90. The van der Waals surface area contributed by atoms with Gasteiger partial charge in [-0.3, -0.25) is 9.59 Å². The highest BCUT2D eigenvalue weighted by Crippen LogP contribution is 2.41. The van der Waals surface area contributed by atoms with Crippen molar-refractivity contribution in [3.63, 3.8) is 0 Å². The molecule has 1 saturated heterocycles. The molecule has 3 heterocycles. The maximum Gasteiger partial charge on any atom is 0.255 e. The van der Waals surface area contributed by atoms with E-state index in [9.17, 15) is 9.59 Å². The number of nitrogens with one attached hydrogen (secondary N) is 1. The average molecular weight is 357 g/mol. The Hall–Kier alpha value is -2.38. The van der Waals surface area contributed by atoms with Crippen molar-refractivity contribution in [2.45, 2.75) is 25.2 Å². The Morgan fingerprint density at radius 3 is 2.69 bits per heavy atom. The van der Waals surface area contributed by atoms with Gasteiger partial charge in [0.25, 0.3) is 5.91 Å². The number of aromatic nitrogens is 1. The Labute approximate surface area is 151 Å². The monoisotopic (exact) mass is 357 g/mol. The van der Waals surface area contributed by atoms with Crippen LogP contribution >= 0.6 is 0 Å². The number of aromatic amines is 1. The van der Waals surface area contributed by atoms with Crippen LogP contribution in [0, 0.1) is 0 Å². The van der Waals surface area contributed by atoms with Crippen molar-refractivity contribution in [3.05, 3.63) is 35.5 Å². The average Bonchev–Trinajstić information content (AvgIpc) is 3.04. The molecule has 26 heavy (non-hydrogen) atoms. The number of carbonyl (C=O) groups is 2. The first-order valence-corrected chi connectivity index (χ1v) is 8.76. The molecule has 1 fully saturated rings. The molecule has 0 saturated carbocycles. The molecular formula is C19H23N3O4. The van der Waals surface area contributed by atoms with Crippen LogP contribution in [0.5, 0.6) is 0 Å². The molecule has 2 aromatic rings. The van der Waals surface area contributed by atoms with Crippen LogP contribution in [0.3, 0.4) is 0 Å². The Morgan fingerprint density at radius 1 is 1.23 bits per heavy atom. The van der Waals surface area contributed by atoms with E-state index in [1.165, 1.54) is 19.1 Å². The number of amides is 2. The van der Waals surface area contributed by atoms with Crippen LogP contribution in [-0.2, 0) is 31.0 Å². The fourth-order valence-electron chi connectivity index (χ4n) is 4.25. The van der Waals surface area contributed by atoms with E-state index in [4.69, 9.17) is 9.47 Å². The van der Waals surface area contributed by atoms with E-state index >= 15 is 0 Å². The fraction of sp³-hybridized carbons (Fsp3) is 0.474. The molecule has 2 aliphatic rings. The normalized spacial score (nSPS) is 22.9. The van der Waals surface area contributed by atoms with Gasteiger partial charge < -0.3 is 24.3 Å². The maximum absolute atomic E-state index is 13.4. The zero-order valence-electron chi connectivity index (χ0n) is 15.2. The minimum atomic E-state index is -1.03. The lowest BCUT2D eigenvalue weighted by atomic mass is 9.83. The van der Waals surface area contributed by atoms with Crippen LogP contribution in [0.15, 0.2) is 24.3 Å². The van der Waals surface area contributed by atoms with Gasteiger partial charge in [0.1, 0.15) is 6.54 Å². The van der Waals surface area contributed by atoms with Crippen molar-refractivity contribution < 1.29 is 19.1 Å². The molecular weight excluding hydrogens is 334 g/mol. The zero-order valence-corrected chi connectivity index (χ0v) is 15.2. The highest BCUT2D eigenvalue weighted by molar-refractivity contribution is 6.00. The fourth-order valence-corrected chi connectivity index (χ4v) is 4.25. The van der Waals surface area contributed by atoms with Gasteiger partial charge in [0.2, 0.25) is 5.91 Å². The highest BCUT2D eigenvalue weighted by Gasteiger charge is 2.54. The molecule has 2 aliphatic heterocycles. The van der Waals surface area contributed by atoms with Crippen molar-refractivity contribution in [1.82, 2.24) is 14.8 Å². The van der Waals surface area contributed by atoms with E-state index in [-0.39, 0.29) is 24.9 Å². The predicted octanol–water partition coefficient (Wildman–Crippen LogP) is 1.23. The molecule has 0 spiro atoms. The number of para-hydroxylation sites is 1. The third-order valence-electron chi connectivity index (χ3n) is 5.65. The van der Waals surface area contributed by atoms with Gasteiger partial charge >= 0.3 is 0 Å². The van der Waals surface area contributed by atoms with Gasteiger partial charge in [0.05, 0.1) is 12.2 Å². The summed E-state index contributed by atoms with van der Waals surface area (Å²) >= 11 is 0. The van der Waals surface area contributed by atoms with Crippen LogP contribution < -0.4 is 0 Å². The van der Waals surface area contributed by atoms with Gasteiger partial charge in [-0.2, -0.15) is 0 Å². The number of fused-ring (bicyclic) bond motifs is 5. The first kappa shape index (κ1) is 17.1. The van der Waals surface area contributed by atoms with Crippen molar-refractivity contribution in [2.24, 2.45) is 0 Å². The summed E-state index contributed by atoms with van der Waals surface area (Å²) < 4.78 is 10.4. The molecule has 0 aliphatic carbocycles. The molecule has 7 nitrogen and oxygen atoms in total. The van der Waals surface area contributed by atoms with Crippen LogP contribution in [0.25, 0.3) is 10.9 Å². The molecule has 1 atom stereocenters. The second kappa shape index (κ2) is 6.10. The van der Waals surface area contributed by atoms with Crippen LogP contribution in [0.4, 0.5) is 0 Å². The summed E-state index contributed by atoms with van der Waals surface area (Å²) in [5.74, 6) is -0.161. The molecule has 0 bridgehead atoms. The molecule has 7 heteroatoms. The lowest BCUT2D eigenvalue weighted by Gasteiger charge is -2.49. The van der Waals surface area contributed by atoms with Crippen LogP contribution in [0.1, 0.15) is 18.2 Å². The summed E-state index contributed by atoms with van der Waals surface area (Å²) in [6.45, 7) is 2.65. The van der Waals surface area contributed by atoms with Crippen molar-refractivity contribution >= 4 is 22.7 Å². The SMILES string of the molecule is COC(CN1CC(=O)N2CCc3c([nH]c4ccccc34)[C@@]2(C)C1=O)OC. The molecule has 1 aromatic heterocycles. The van der Waals surface area contributed by atoms with Crippen molar-refractivity contribution in [1.29, 1.82) is 0 Å². The number of hydrogen-bond acceptors (Lipinski definition) is 4. The number of benzene rings is 1. The number of carbonyl (C=O) groups excluding carboxylic acids is 2. The molecule has 2 amide bonds. The minimum absolute atomic E-state index is 0.0488. The number of piperazine rings is 1. The smallest absolute Gasteiger partial charge is 0.255 e. The molecule has 0 radical (unpaired) electrons. The Morgan fingerprint density at radius 2 is 1.96 bits per heavy atom. The number of hydrogen-bond donors (Lipinski definition) is 1. The first-order chi connectivity index (χ1) is 12.5. The van der Waals surface area contributed by atoms with E-state index in [1.807, 2.05) is 25.1 Å². The van der Waals surface area contributed by atoms with Gasteiger partial charge in [-0.1, -0.05) is 18.2 Å². The minimum Gasteiger partial charge on any atom is -0.356 e. The summed E-state index contributed by atoms with van der Waals surface area (Å²) in [7, 11) is 3.05. The number of methoxy groups -OCH3 is 2. The standard InChI is InChI=1S/C19H23N3O4/c1-19-17-13(12-6-4-5-7-14(12)20-17)8-9-22(19)15(23)10-21(18(19)24)11-16(25-2)26-3/h4-7,16,20H,8-11H2,1-3H3/t19-/m0/s1. The third kappa shape index (κ3) is 2.27. The van der Waals surface area contributed by atoms with Gasteiger partial charge in [-0.15, -0.1) is 0 Å². The van der Waals surface area contributed by atoms with Crippen molar-refractivity contribution in [2.75, 3.05) is 33.9 Å². The van der Waals surface area contributed by atoms with Gasteiger partial charge in [0.15, 0.2) is 11.8 Å². The van der Waals surface area contributed by atoms with Crippen molar-refractivity contribution in [3.8, 4) is 0 Å². The summed E-state index contributed by atoms with van der Waals surface area (Å²) in [6.07, 6.45) is 0.180. The quantitative estimate of drug-likeness (QED) is 0.835. The third-order valence-corrected chi connectivity index (χ3v) is 5.65. The Bertz CT molecular complexity index is 873. The Balaban J connectivity index is 1.80. The van der Waals surface area contributed by atoms with E-state index in [0.717, 1.165) is 28.6 Å². The number of ether oxygens (including phenoxy) is 2. The highest BCUT2D eigenvalue weighted by atomic mass is 16.7. The predicted molar refractivity (Wildman–Crippen MR) is 95.5 cm³/mol. The summed E-state index contributed by atoms with van der Waals surface area (Å²) in [5, 5.41) is 1.12. The number of rotatable bonds is 4. The number of nitrogens with zero attached hydrogens (tertiary/aromatic N) is 2. The van der Waals surface area contributed by atoms with Gasteiger partial charge in [-0.25, -0.2) is 0 Å². The van der Waals surface area contributed by atoms with E-state index in [1.54, 1.807) is 4.90 Å². The number of H-pyrrole nitrogens is 1. The Kier molecular flexibility index (Phi) is 4.00. The van der Waals surface area contributed by atoms with E-state index < -0.39 is 11.8 Å². The lowest BCUT2D eigenvalue weighted by Crippen LogP contribution is -2.67. The maximum atomic E-state index is 13.4. The molecule has 0 unspecified atom stereocenters. The lowest BCUT2D eigenvalue weighted by molar-refractivity contribution is -0.174. The van der Waals surface area contributed by atoms with Gasteiger partial charge in [0, 0.05) is 31.7 Å². The molecule has 138 valence electrons. The van der Waals surface area contributed by atoms with E-state index in [2.05, 4.69) is 11.1 Å². The molecule has 4 rings (SSSR count). The second-order valence-corrected chi connectivity index (χ2v) is 6.98. The molecule has 1 aromatic carbocycles. The largest absolute Gasteiger partial charge is 0.356 e. The molecule has 1 N–H and O–H groups in total. The zero-order chi connectivity index (χ0) is 18.5. The van der Waals surface area contributed by atoms with Crippen LogP contribution in [0.2, 0.25) is 0 Å². The topological polar surface area (TPSA) is 74.9 Å². The van der Waals surface area contributed by atoms with Crippen LogP contribution in [-0.4, -0.2) is 66.7 Å². The summed E-state index contributed by atoms with van der Waals surface area (Å²) in [6, 6.07) is 8.02. The van der Waals surface area contributed by atoms with E-state index in [0.29, 0.717) is 6.54 Å². The summed E-state index contributed by atoms with van der Waals surface area (Å²) in [4.78, 5) is 32.9. The second-order valence-electron chi connectivity index (χ2n) is 6.98.